The van der Waals surface area contributed by atoms with E-state index in [2.05, 4.69) is 20.9 Å². The maximum Gasteiger partial charge on any atom is 0.124 e. The molecule has 0 aromatic carbocycles. The summed E-state index contributed by atoms with van der Waals surface area (Å²) in [5, 5.41) is 10.2. The Morgan fingerprint density at radius 2 is 2.33 bits per heavy atom. The second-order valence-electron chi connectivity index (χ2n) is 1.61. The van der Waals surface area contributed by atoms with Gasteiger partial charge in [0.05, 0.1) is 5.69 Å². The minimum absolute atomic E-state index is 0.243. The van der Waals surface area contributed by atoms with Crippen molar-refractivity contribution in [2.45, 2.75) is 6.61 Å². The molecule has 47 valence electrons. The summed E-state index contributed by atoms with van der Waals surface area (Å²) >= 11 is 3.21. The summed E-state index contributed by atoms with van der Waals surface area (Å²) in [6, 6.07) is 3.51. The quantitative estimate of drug-likeness (QED) is 0.659. The molecule has 0 amide bonds. The zero-order chi connectivity index (χ0) is 6.69. The van der Waals surface area contributed by atoms with Gasteiger partial charge < -0.3 is 0 Å². The first kappa shape index (κ1) is 6.71. The van der Waals surface area contributed by atoms with Crippen LogP contribution < -0.4 is 0 Å². The lowest BCUT2D eigenvalue weighted by Crippen LogP contribution is -1.84. The summed E-state index contributed by atoms with van der Waals surface area (Å²) in [6.45, 7) is -0.243. The van der Waals surface area contributed by atoms with E-state index in [0.29, 0.717) is 5.69 Å². The summed E-state index contributed by atoms with van der Waals surface area (Å²) in [6.07, 6.45) is 1.62. The molecule has 0 aliphatic carbocycles. The third-order valence-electron chi connectivity index (χ3n) is 0.937. The highest BCUT2D eigenvalue weighted by Crippen LogP contribution is 2.06. The molecule has 0 saturated heterocycles. The Bertz CT molecular complexity index is 185. The van der Waals surface area contributed by atoms with E-state index in [9.17, 15) is 5.11 Å². The molecule has 0 unspecified atom stereocenters. The highest BCUT2D eigenvalue weighted by Gasteiger charge is 1.89. The number of hydrogen-bond acceptors (Lipinski definition) is 1. The fraction of sp³-hybridized carbons (Fsp3) is 0.167. The van der Waals surface area contributed by atoms with Crippen LogP contribution in [0.15, 0.2) is 22.8 Å². The van der Waals surface area contributed by atoms with Crippen molar-refractivity contribution < 1.29 is 5.11 Å². The molecule has 0 fully saturated rings. The molecule has 1 rings (SSSR count). The summed E-state index contributed by atoms with van der Waals surface area (Å²) in [5.74, 6) is 0. The lowest BCUT2D eigenvalue weighted by Gasteiger charge is -1.90. The van der Waals surface area contributed by atoms with Crippen LogP contribution in [-0.4, -0.2) is 4.98 Å². The van der Waals surface area contributed by atoms with Crippen LogP contribution in [0.25, 0.3) is 0 Å². The van der Waals surface area contributed by atoms with Gasteiger partial charge in [0.15, 0.2) is 0 Å². The molecule has 0 saturated carbocycles. The lowest BCUT2D eigenvalue weighted by molar-refractivity contribution is 0.174. The van der Waals surface area contributed by atoms with Gasteiger partial charge in [0.2, 0.25) is 0 Å². The van der Waals surface area contributed by atoms with E-state index in [4.69, 9.17) is 0 Å². The van der Waals surface area contributed by atoms with Crippen molar-refractivity contribution in [2.75, 3.05) is 0 Å². The average Bonchev–Trinajstić information content (AvgIpc) is 1.90. The van der Waals surface area contributed by atoms with Crippen LogP contribution in [-0.2, 0) is 11.7 Å². The molecule has 0 aliphatic rings. The lowest BCUT2D eigenvalue weighted by atomic mass is 10.4. The fourth-order valence-corrected chi connectivity index (χ4v) is 0.726. The molecule has 0 spiro atoms. The Labute approximate surface area is 61.7 Å². The fourth-order valence-electron chi connectivity index (χ4n) is 0.492. The summed E-state index contributed by atoms with van der Waals surface area (Å²) in [4.78, 5) is 3.84. The first-order chi connectivity index (χ1) is 4.33. The molecular formula is C6H5BrNO. The Kier molecular flexibility index (Phi) is 2.19. The highest BCUT2D eigenvalue weighted by atomic mass is 79.9. The average molecular weight is 187 g/mol. The Hall–Kier alpha value is -0.410. The third kappa shape index (κ3) is 1.77. The summed E-state index contributed by atoms with van der Waals surface area (Å²) in [7, 11) is 0. The van der Waals surface area contributed by atoms with Crippen LogP contribution in [0, 0.1) is 0 Å². The maximum atomic E-state index is 10.2. The zero-order valence-electron chi connectivity index (χ0n) is 4.67. The van der Waals surface area contributed by atoms with Crippen molar-refractivity contribution in [2.24, 2.45) is 0 Å². The van der Waals surface area contributed by atoms with Crippen LogP contribution in [0.4, 0.5) is 0 Å². The normalized spacial score (nSPS) is 9.56. The highest BCUT2D eigenvalue weighted by molar-refractivity contribution is 9.10. The van der Waals surface area contributed by atoms with Crippen molar-refractivity contribution in [3.63, 3.8) is 0 Å². The molecule has 2 nitrogen and oxygen atoms in total. The van der Waals surface area contributed by atoms with Gasteiger partial charge in [-0.25, -0.2) is 5.11 Å². The molecule has 1 heterocycles. The first-order valence-corrected chi connectivity index (χ1v) is 3.31. The van der Waals surface area contributed by atoms with Gasteiger partial charge in [-0.05, 0) is 28.1 Å². The van der Waals surface area contributed by atoms with E-state index < -0.39 is 0 Å². The topological polar surface area (TPSA) is 32.8 Å². The van der Waals surface area contributed by atoms with Crippen molar-refractivity contribution in [3.8, 4) is 0 Å². The Morgan fingerprint density at radius 1 is 1.56 bits per heavy atom. The minimum Gasteiger partial charge on any atom is -0.258 e. The molecule has 0 bridgehead atoms. The standard InChI is InChI=1S/C6H5BrNO/c7-5-1-2-6(4-9)8-3-5/h1-3H,4H2. The second kappa shape index (κ2) is 2.94. The van der Waals surface area contributed by atoms with E-state index >= 15 is 0 Å². The molecular weight excluding hydrogens is 182 g/mol. The van der Waals surface area contributed by atoms with Crippen LogP contribution >= 0.6 is 15.9 Å². The molecule has 9 heavy (non-hydrogen) atoms. The molecule has 1 radical (unpaired) electrons. The van der Waals surface area contributed by atoms with Crippen LogP contribution in [0.3, 0.4) is 0 Å². The number of rotatable bonds is 1. The minimum atomic E-state index is -0.243. The Balaban J connectivity index is 2.88. The van der Waals surface area contributed by atoms with Crippen LogP contribution in [0.1, 0.15) is 5.69 Å². The smallest absolute Gasteiger partial charge is 0.124 e. The van der Waals surface area contributed by atoms with E-state index in [1.165, 1.54) is 0 Å². The molecule has 0 aliphatic heterocycles. The van der Waals surface area contributed by atoms with Crippen molar-refractivity contribution >= 4 is 15.9 Å². The second-order valence-corrected chi connectivity index (χ2v) is 2.53. The predicted octanol–water partition coefficient (Wildman–Crippen LogP) is 1.77. The maximum absolute atomic E-state index is 10.2. The zero-order valence-corrected chi connectivity index (χ0v) is 6.26. The molecule has 1 aromatic heterocycles. The number of nitrogens with zero attached hydrogens (tertiary/aromatic N) is 1. The van der Waals surface area contributed by atoms with Gasteiger partial charge in [-0.15, -0.1) is 0 Å². The van der Waals surface area contributed by atoms with Crippen molar-refractivity contribution in [3.05, 3.63) is 28.5 Å². The number of aromatic nitrogens is 1. The third-order valence-corrected chi connectivity index (χ3v) is 1.41. The molecule has 1 aromatic rings. The first-order valence-electron chi connectivity index (χ1n) is 2.51. The Morgan fingerprint density at radius 3 is 2.78 bits per heavy atom. The van der Waals surface area contributed by atoms with Crippen LogP contribution in [0.2, 0.25) is 0 Å². The SMILES string of the molecule is [O]Cc1ccc(Br)cn1. The number of halogens is 1. The largest absolute Gasteiger partial charge is 0.258 e. The molecule has 0 N–H and O–H groups in total. The van der Waals surface area contributed by atoms with Gasteiger partial charge in [0, 0.05) is 10.7 Å². The van der Waals surface area contributed by atoms with Gasteiger partial charge >= 0.3 is 0 Å². The molecule has 0 atom stereocenters. The van der Waals surface area contributed by atoms with Gasteiger partial charge in [0.25, 0.3) is 0 Å². The monoisotopic (exact) mass is 186 g/mol. The van der Waals surface area contributed by atoms with Gasteiger partial charge in [-0.2, -0.15) is 0 Å². The predicted molar refractivity (Wildman–Crippen MR) is 36.3 cm³/mol. The molecule has 3 heteroatoms. The van der Waals surface area contributed by atoms with E-state index in [1.54, 1.807) is 18.3 Å². The summed E-state index contributed by atoms with van der Waals surface area (Å²) in [5.41, 5.74) is 0.582. The summed E-state index contributed by atoms with van der Waals surface area (Å²) < 4.78 is 0.903. The van der Waals surface area contributed by atoms with Gasteiger partial charge in [0.1, 0.15) is 6.61 Å². The van der Waals surface area contributed by atoms with Crippen molar-refractivity contribution in [1.82, 2.24) is 4.98 Å². The van der Waals surface area contributed by atoms with Gasteiger partial charge in [-0.1, -0.05) is 0 Å². The van der Waals surface area contributed by atoms with E-state index in [0.717, 1.165) is 4.47 Å². The van der Waals surface area contributed by atoms with E-state index in [1.807, 2.05) is 0 Å². The van der Waals surface area contributed by atoms with Gasteiger partial charge in [-0.3, -0.25) is 4.98 Å². The number of hydrogen-bond donors (Lipinski definition) is 0. The van der Waals surface area contributed by atoms with Crippen molar-refractivity contribution in [1.29, 1.82) is 0 Å². The van der Waals surface area contributed by atoms with E-state index in [-0.39, 0.29) is 6.61 Å². The number of pyridine rings is 1. The van der Waals surface area contributed by atoms with Crippen LogP contribution in [0.5, 0.6) is 0 Å².